The zero-order chi connectivity index (χ0) is 13.3. The van der Waals surface area contributed by atoms with E-state index in [1.54, 1.807) is 13.2 Å². The van der Waals surface area contributed by atoms with Crippen LogP contribution in [0.15, 0.2) is 18.2 Å². The maximum Gasteiger partial charge on any atom is 0.123 e. The molecular formula is C14H19ClFNO. The van der Waals surface area contributed by atoms with Crippen molar-refractivity contribution in [3.05, 3.63) is 34.6 Å². The number of hydrogen-bond acceptors (Lipinski definition) is 2. The minimum absolute atomic E-state index is 0.106. The molecule has 1 aromatic carbocycles. The Balaban J connectivity index is 1.95. The first-order chi connectivity index (χ1) is 8.45. The minimum Gasteiger partial charge on any atom is -0.381 e. The van der Waals surface area contributed by atoms with Gasteiger partial charge in [0.05, 0.1) is 6.10 Å². The number of methoxy groups -OCH3 is 1. The molecule has 2 unspecified atom stereocenters. The lowest BCUT2D eigenvalue weighted by Gasteiger charge is -2.51. The highest BCUT2D eigenvalue weighted by molar-refractivity contribution is 6.31. The third kappa shape index (κ3) is 2.53. The maximum absolute atomic E-state index is 13.1. The highest BCUT2D eigenvalue weighted by atomic mass is 35.5. The van der Waals surface area contributed by atoms with Crippen LogP contribution in [0.3, 0.4) is 0 Å². The number of ether oxygens (including phenoxy) is 1. The Morgan fingerprint density at radius 2 is 2.22 bits per heavy atom. The Bertz CT molecular complexity index is 436. The van der Waals surface area contributed by atoms with E-state index in [2.05, 4.69) is 19.2 Å². The lowest BCUT2D eigenvalue weighted by molar-refractivity contribution is -0.0979. The van der Waals surface area contributed by atoms with Gasteiger partial charge in [0.25, 0.3) is 0 Å². The molecule has 0 aliphatic heterocycles. The largest absolute Gasteiger partial charge is 0.381 e. The molecule has 4 heteroatoms. The molecule has 1 fully saturated rings. The zero-order valence-corrected chi connectivity index (χ0v) is 11.7. The van der Waals surface area contributed by atoms with Crippen LogP contribution in [-0.2, 0) is 11.3 Å². The molecule has 0 bridgehead atoms. The molecule has 1 aliphatic rings. The van der Waals surface area contributed by atoms with Crippen LogP contribution in [0.4, 0.5) is 4.39 Å². The summed E-state index contributed by atoms with van der Waals surface area (Å²) in [6.45, 7) is 4.94. The average molecular weight is 272 g/mol. The monoisotopic (exact) mass is 271 g/mol. The van der Waals surface area contributed by atoms with Crippen molar-refractivity contribution in [1.29, 1.82) is 0 Å². The summed E-state index contributed by atoms with van der Waals surface area (Å²) in [5.74, 6) is -0.251. The predicted octanol–water partition coefficient (Wildman–Crippen LogP) is 3.38. The van der Waals surface area contributed by atoms with Gasteiger partial charge in [0.15, 0.2) is 0 Å². The molecule has 0 aromatic heterocycles. The van der Waals surface area contributed by atoms with Crippen molar-refractivity contribution in [1.82, 2.24) is 5.32 Å². The maximum atomic E-state index is 13.1. The zero-order valence-electron chi connectivity index (χ0n) is 11.0. The van der Waals surface area contributed by atoms with Gasteiger partial charge in [0.2, 0.25) is 0 Å². The minimum atomic E-state index is -0.251. The molecule has 2 nitrogen and oxygen atoms in total. The van der Waals surface area contributed by atoms with E-state index in [9.17, 15) is 4.39 Å². The van der Waals surface area contributed by atoms with Gasteiger partial charge in [-0.2, -0.15) is 0 Å². The fraction of sp³-hybridized carbons (Fsp3) is 0.571. The third-order valence-corrected chi connectivity index (χ3v) is 4.38. The van der Waals surface area contributed by atoms with Gasteiger partial charge in [-0.3, -0.25) is 0 Å². The number of halogens is 2. The van der Waals surface area contributed by atoms with Crippen LogP contribution in [0.2, 0.25) is 5.02 Å². The highest BCUT2D eigenvalue weighted by Crippen LogP contribution is 2.42. The molecule has 1 aromatic rings. The quantitative estimate of drug-likeness (QED) is 0.906. The second kappa shape index (κ2) is 5.16. The molecule has 0 radical (unpaired) electrons. The van der Waals surface area contributed by atoms with E-state index in [1.165, 1.54) is 12.1 Å². The van der Waals surface area contributed by atoms with Crippen molar-refractivity contribution in [2.24, 2.45) is 5.41 Å². The van der Waals surface area contributed by atoms with Crippen molar-refractivity contribution in [2.75, 3.05) is 7.11 Å². The van der Waals surface area contributed by atoms with Gasteiger partial charge in [-0.1, -0.05) is 25.4 Å². The van der Waals surface area contributed by atoms with Crippen LogP contribution in [-0.4, -0.2) is 19.3 Å². The molecule has 2 atom stereocenters. The van der Waals surface area contributed by atoms with Crippen LogP contribution < -0.4 is 5.32 Å². The Labute approximate surface area is 112 Å². The summed E-state index contributed by atoms with van der Waals surface area (Å²) in [5.41, 5.74) is 0.905. The van der Waals surface area contributed by atoms with Crippen LogP contribution >= 0.6 is 11.6 Å². The van der Waals surface area contributed by atoms with Crippen molar-refractivity contribution in [3.63, 3.8) is 0 Å². The van der Waals surface area contributed by atoms with E-state index in [1.807, 2.05) is 0 Å². The SMILES string of the molecule is COC1CC(NCc2cc(F)ccc2Cl)C1(C)C. The second-order valence-corrected chi connectivity index (χ2v) is 5.86. The Kier molecular flexibility index (Phi) is 3.95. The van der Waals surface area contributed by atoms with E-state index in [0.29, 0.717) is 17.6 Å². The third-order valence-electron chi connectivity index (χ3n) is 4.01. The van der Waals surface area contributed by atoms with Crippen molar-refractivity contribution < 1.29 is 9.13 Å². The number of hydrogen-bond donors (Lipinski definition) is 1. The van der Waals surface area contributed by atoms with Crippen LogP contribution in [0.1, 0.15) is 25.8 Å². The van der Waals surface area contributed by atoms with Gasteiger partial charge in [-0.15, -0.1) is 0 Å². The Morgan fingerprint density at radius 3 is 2.83 bits per heavy atom. The number of nitrogens with one attached hydrogen (secondary N) is 1. The number of benzene rings is 1. The van der Waals surface area contributed by atoms with Gasteiger partial charge in [0.1, 0.15) is 5.82 Å². The second-order valence-electron chi connectivity index (χ2n) is 5.45. The van der Waals surface area contributed by atoms with E-state index in [0.717, 1.165) is 12.0 Å². The first-order valence-corrected chi connectivity index (χ1v) is 6.53. The Morgan fingerprint density at radius 1 is 1.50 bits per heavy atom. The average Bonchev–Trinajstić information content (AvgIpc) is 2.32. The van der Waals surface area contributed by atoms with Gasteiger partial charge in [0, 0.05) is 30.1 Å². The van der Waals surface area contributed by atoms with E-state index < -0.39 is 0 Å². The van der Waals surface area contributed by atoms with E-state index >= 15 is 0 Å². The standard InChI is InChI=1S/C14H19ClFNO/c1-14(2)12(7-13(14)18-3)17-8-9-6-10(16)4-5-11(9)15/h4-6,12-13,17H,7-8H2,1-3H3. The molecule has 100 valence electrons. The summed E-state index contributed by atoms with van der Waals surface area (Å²) < 4.78 is 18.5. The topological polar surface area (TPSA) is 21.3 Å². The molecule has 0 amide bonds. The first kappa shape index (κ1) is 13.8. The molecule has 1 aliphatic carbocycles. The van der Waals surface area contributed by atoms with Crippen LogP contribution in [0.5, 0.6) is 0 Å². The first-order valence-electron chi connectivity index (χ1n) is 6.15. The van der Waals surface area contributed by atoms with Gasteiger partial charge >= 0.3 is 0 Å². The number of rotatable bonds is 4. The molecule has 0 heterocycles. The van der Waals surface area contributed by atoms with Crippen molar-refractivity contribution >= 4 is 11.6 Å². The molecule has 0 spiro atoms. The lowest BCUT2D eigenvalue weighted by atomic mass is 9.64. The molecule has 1 saturated carbocycles. The van der Waals surface area contributed by atoms with E-state index in [4.69, 9.17) is 16.3 Å². The smallest absolute Gasteiger partial charge is 0.123 e. The fourth-order valence-electron chi connectivity index (χ4n) is 2.54. The summed E-state index contributed by atoms with van der Waals surface area (Å²) in [6.07, 6.45) is 1.27. The van der Waals surface area contributed by atoms with Crippen molar-refractivity contribution in [2.45, 2.75) is 39.0 Å². The molecular weight excluding hydrogens is 253 g/mol. The molecule has 1 N–H and O–H groups in total. The van der Waals surface area contributed by atoms with Gasteiger partial charge < -0.3 is 10.1 Å². The Hall–Kier alpha value is -0.640. The summed E-state index contributed by atoms with van der Waals surface area (Å²) in [4.78, 5) is 0. The molecule has 0 saturated heterocycles. The lowest BCUT2D eigenvalue weighted by Crippen LogP contribution is -2.60. The highest BCUT2D eigenvalue weighted by Gasteiger charge is 2.48. The van der Waals surface area contributed by atoms with Crippen molar-refractivity contribution in [3.8, 4) is 0 Å². The summed E-state index contributed by atoms with van der Waals surface area (Å²) in [7, 11) is 1.74. The van der Waals surface area contributed by atoms with Crippen LogP contribution in [0, 0.1) is 11.2 Å². The fourth-order valence-corrected chi connectivity index (χ4v) is 2.73. The summed E-state index contributed by atoms with van der Waals surface area (Å²) in [5, 5.41) is 4.03. The summed E-state index contributed by atoms with van der Waals surface area (Å²) in [6, 6.07) is 4.83. The van der Waals surface area contributed by atoms with Crippen LogP contribution in [0.25, 0.3) is 0 Å². The molecule has 2 rings (SSSR count). The molecule has 18 heavy (non-hydrogen) atoms. The van der Waals surface area contributed by atoms with E-state index in [-0.39, 0.29) is 17.3 Å². The summed E-state index contributed by atoms with van der Waals surface area (Å²) >= 11 is 6.04. The van der Waals surface area contributed by atoms with Gasteiger partial charge in [-0.05, 0) is 30.2 Å². The predicted molar refractivity (Wildman–Crippen MR) is 71.2 cm³/mol. The van der Waals surface area contributed by atoms with Gasteiger partial charge in [-0.25, -0.2) is 4.39 Å². The normalized spacial score (nSPS) is 25.8.